The molecule has 0 atom stereocenters. The van der Waals surface area contributed by atoms with Gasteiger partial charge in [-0.25, -0.2) is 8.42 Å². The number of aryl methyl sites for hydroxylation is 1. The second-order valence-corrected chi connectivity index (χ2v) is 11.0. The fourth-order valence-electron chi connectivity index (χ4n) is 3.72. The average molecular weight is 445 g/mol. The van der Waals surface area contributed by atoms with Crippen LogP contribution in [0.4, 0.5) is 5.69 Å². The predicted octanol–water partition coefficient (Wildman–Crippen LogP) is 4.73. The van der Waals surface area contributed by atoms with Crippen LogP contribution in [-0.4, -0.2) is 38.8 Å². The number of anilines is 1. The van der Waals surface area contributed by atoms with E-state index in [-0.39, 0.29) is 16.2 Å². The van der Waals surface area contributed by atoms with Crippen molar-refractivity contribution in [3.05, 3.63) is 53.1 Å². The lowest BCUT2D eigenvalue weighted by molar-refractivity contribution is 0.102. The Labute approximate surface area is 185 Å². The Balaban J connectivity index is 1.93. The van der Waals surface area contributed by atoms with E-state index in [2.05, 4.69) is 26.1 Å². The molecule has 7 heteroatoms. The number of carbonyl (C=O) groups is 1. The van der Waals surface area contributed by atoms with Crippen LogP contribution in [0.2, 0.25) is 0 Å². The lowest BCUT2D eigenvalue weighted by atomic mass is 9.87. The van der Waals surface area contributed by atoms with Crippen molar-refractivity contribution in [1.29, 1.82) is 0 Å². The Hall–Kier alpha value is -2.38. The summed E-state index contributed by atoms with van der Waals surface area (Å²) in [6, 6.07) is 10.5. The number of carbonyl (C=O) groups excluding carboxylic acids is 1. The second kappa shape index (κ2) is 9.01. The standard InChI is InChI=1S/C24H32N2O4S/c1-17-9-11-19(31(28,29)26-13-7-6-8-14-26)16-20(17)23(27)25-21-15-18(24(2,3)4)10-12-22(21)30-5/h9-12,15-16H,6-8,13-14H2,1-5H3,(H,25,27). The van der Waals surface area contributed by atoms with E-state index in [9.17, 15) is 13.2 Å². The van der Waals surface area contributed by atoms with Gasteiger partial charge in [-0.2, -0.15) is 4.31 Å². The molecule has 6 nitrogen and oxygen atoms in total. The smallest absolute Gasteiger partial charge is 0.256 e. The van der Waals surface area contributed by atoms with Gasteiger partial charge in [0, 0.05) is 18.7 Å². The molecule has 0 radical (unpaired) electrons. The minimum Gasteiger partial charge on any atom is -0.495 e. The summed E-state index contributed by atoms with van der Waals surface area (Å²) in [5.41, 5.74) is 2.57. The number of piperidine rings is 1. The van der Waals surface area contributed by atoms with E-state index in [1.165, 1.54) is 10.4 Å². The number of nitrogens with one attached hydrogen (secondary N) is 1. The molecule has 0 spiro atoms. The first-order valence-corrected chi connectivity index (χ1v) is 12.1. The Morgan fingerprint density at radius 3 is 2.32 bits per heavy atom. The van der Waals surface area contributed by atoms with Crippen molar-refractivity contribution >= 4 is 21.6 Å². The van der Waals surface area contributed by atoms with Crippen LogP contribution in [0.1, 0.15) is 61.5 Å². The number of ether oxygens (including phenoxy) is 1. The lowest BCUT2D eigenvalue weighted by Crippen LogP contribution is -2.35. The molecule has 1 fully saturated rings. The topological polar surface area (TPSA) is 75.7 Å². The first-order valence-electron chi connectivity index (χ1n) is 10.6. The minimum absolute atomic E-state index is 0.0932. The van der Waals surface area contributed by atoms with Gasteiger partial charge in [-0.15, -0.1) is 0 Å². The van der Waals surface area contributed by atoms with Crippen molar-refractivity contribution in [2.45, 2.75) is 57.3 Å². The Kier molecular flexibility index (Phi) is 6.76. The molecular formula is C24H32N2O4S. The van der Waals surface area contributed by atoms with Crippen LogP contribution in [0.25, 0.3) is 0 Å². The number of hydrogen-bond acceptors (Lipinski definition) is 4. The summed E-state index contributed by atoms with van der Waals surface area (Å²) in [7, 11) is -2.06. The summed E-state index contributed by atoms with van der Waals surface area (Å²) in [5.74, 6) is 0.189. The maximum atomic E-state index is 13.1. The van der Waals surface area contributed by atoms with Gasteiger partial charge >= 0.3 is 0 Å². The molecule has 0 aromatic heterocycles. The van der Waals surface area contributed by atoms with Gasteiger partial charge in [-0.05, 0) is 60.6 Å². The first-order chi connectivity index (χ1) is 14.5. The summed E-state index contributed by atoms with van der Waals surface area (Å²) in [6.07, 6.45) is 2.77. The van der Waals surface area contributed by atoms with Crippen molar-refractivity contribution in [3.63, 3.8) is 0 Å². The summed E-state index contributed by atoms with van der Waals surface area (Å²) in [4.78, 5) is 13.3. The van der Waals surface area contributed by atoms with Crippen molar-refractivity contribution in [1.82, 2.24) is 4.31 Å². The molecular weight excluding hydrogens is 412 g/mol. The van der Waals surface area contributed by atoms with Crippen LogP contribution in [0.3, 0.4) is 0 Å². The van der Waals surface area contributed by atoms with E-state index in [1.54, 1.807) is 26.2 Å². The number of benzene rings is 2. The van der Waals surface area contributed by atoms with Crippen molar-refractivity contribution in [2.24, 2.45) is 0 Å². The maximum absolute atomic E-state index is 13.1. The third kappa shape index (κ3) is 5.10. The molecule has 0 aliphatic carbocycles. The normalized spacial score (nSPS) is 15.5. The average Bonchev–Trinajstić information content (AvgIpc) is 2.73. The van der Waals surface area contributed by atoms with Gasteiger partial charge in [0.05, 0.1) is 17.7 Å². The van der Waals surface area contributed by atoms with Gasteiger partial charge in [-0.1, -0.05) is 39.3 Å². The van der Waals surface area contributed by atoms with Gasteiger partial charge in [0.2, 0.25) is 10.0 Å². The highest BCUT2D eigenvalue weighted by atomic mass is 32.2. The van der Waals surface area contributed by atoms with E-state index in [0.717, 1.165) is 24.8 Å². The number of hydrogen-bond donors (Lipinski definition) is 1. The second-order valence-electron chi connectivity index (χ2n) is 9.06. The molecule has 1 saturated heterocycles. The molecule has 2 aromatic carbocycles. The van der Waals surface area contributed by atoms with E-state index < -0.39 is 10.0 Å². The molecule has 0 saturated carbocycles. The van der Waals surface area contributed by atoms with E-state index in [4.69, 9.17) is 4.74 Å². The van der Waals surface area contributed by atoms with Gasteiger partial charge in [-0.3, -0.25) is 4.79 Å². The van der Waals surface area contributed by atoms with Gasteiger partial charge in [0.25, 0.3) is 5.91 Å². The molecule has 1 heterocycles. The van der Waals surface area contributed by atoms with Gasteiger partial charge < -0.3 is 10.1 Å². The number of nitrogens with zero attached hydrogens (tertiary/aromatic N) is 1. The van der Waals surface area contributed by atoms with E-state index in [0.29, 0.717) is 35.7 Å². The zero-order valence-corrected chi connectivity index (χ0v) is 19.8. The third-order valence-corrected chi connectivity index (χ3v) is 7.61. The van der Waals surface area contributed by atoms with Crippen LogP contribution >= 0.6 is 0 Å². The maximum Gasteiger partial charge on any atom is 0.256 e. The Bertz CT molecular complexity index is 1070. The highest BCUT2D eigenvalue weighted by molar-refractivity contribution is 7.89. The largest absolute Gasteiger partial charge is 0.495 e. The quantitative estimate of drug-likeness (QED) is 0.723. The molecule has 2 aromatic rings. The summed E-state index contributed by atoms with van der Waals surface area (Å²) >= 11 is 0. The Morgan fingerprint density at radius 1 is 1.03 bits per heavy atom. The number of sulfonamides is 1. The minimum atomic E-state index is -3.62. The van der Waals surface area contributed by atoms with Gasteiger partial charge in [0.1, 0.15) is 5.75 Å². The molecule has 3 rings (SSSR count). The molecule has 0 bridgehead atoms. The molecule has 168 valence electrons. The zero-order valence-electron chi connectivity index (χ0n) is 19.0. The van der Waals surface area contributed by atoms with Crippen LogP contribution in [0.5, 0.6) is 5.75 Å². The fourth-order valence-corrected chi connectivity index (χ4v) is 5.27. The van der Waals surface area contributed by atoms with Crippen molar-refractivity contribution in [2.75, 3.05) is 25.5 Å². The summed E-state index contributed by atoms with van der Waals surface area (Å²) < 4.78 is 33.1. The summed E-state index contributed by atoms with van der Waals surface area (Å²) in [6.45, 7) is 9.14. The van der Waals surface area contributed by atoms with Crippen LogP contribution < -0.4 is 10.1 Å². The van der Waals surface area contributed by atoms with E-state index >= 15 is 0 Å². The highest BCUT2D eigenvalue weighted by Gasteiger charge is 2.27. The van der Waals surface area contributed by atoms with E-state index in [1.807, 2.05) is 18.2 Å². The van der Waals surface area contributed by atoms with Crippen LogP contribution in [0, 0.1) is 6.92 Å². The first kappa shape index (κ1) is 23.3. The molecule has 31 heavy (non-hydrogen) atoms. The monoisotopic (exact) mass is 444 g/mol. The molecule has 1 aliphatic rings. The van der Waals surface area contributed by atoms with Gasteiger partial charge in [0.15, 0.2) is 0 Å². The van der Waals surface area contributed by atoms with Crippen molar-refractivity contribution in [3.8, 4) is 5.75 Å². The molecule has 0 unspecified atom stereocenters. The summed E-state index contributed by atoms with van der Waals surface area (Å²) in [5, 5.41) is 2.92. The number of rotatable bonds is 5. The number of amides is 1. The zero-order chi connectivity index (χ0) is 22.8. The number of methoxy groups -OCH3 is 1. The van der Waals surface area contributed by atoms with Crippen LogP contribution in [-0.2, 0) is 15.4 Å². The molecule has 1 aliphatic heterocycles. The third-order valence-electron chi connectivity index (χ3n) is 5.72. The lowest BCUT2D eigenvalue weighted by Gasteiger charge is -2.26. The molecule has 1 N–H and O–H groups in total. The predicted molar refractivity (Wildman–Crippen MR) is 123 cm³/mol. The van der Waals surface area contributed by atoms with Crippen LogP contribution in [0.15, 0.2) is 41.3 Å². The Morgan fingerprint density at radius 2 is 1.71 bits per heavy atom. The molecule has 1 amide bonds. The highest BCUT2D eigenvalue weighted by Crippen LogP contribution is 2.32. The SMILES string of the molecule is COc1ccc(C(C)(C)C)cc1NC(=O)c1cc(S(=O)(=O)N2CCCCC2)ccc1C. The van der Waals surface area contributed by atoms with Crippen molar-refractivity contribution < 1.29 is 17.9 Å². The fraction of sp³-hybridized carbons (Fsp3) is 0.458.